The minimum absolute atomic E-state index is 0.576. The molecule has 0 aromatic rings. The van der Waals surface area contributed by atoms with Crippen molar-refractivity contribution in [2.24, 2.45) is 5.92 Å². The van der Waals surface area contributed by atoms with Gasteiger partial charge in [0.15, 0.2) is 0 Å². The fourth-order valence-electron chi connectivity index (χ4n) is 2.52. The molecule has 1 heterocycles. The Kier molecular flexibility index (Phi) is 3.81. The summed E-state index contributed by atoms with van der Waals surface area (Å²) in [6.45, 7) is 7.97. The Hall–Kier alpha value is -0.340. The second-order valence-electron chi connectivity index (χ2n) is 4.68. The number of fused-ring (bicyclic) bond motifs is 1. The predicted octanol–water partition coefficient (Wildman–Crippen LogP) is 2.93. The van der Waals surface area contributed by atoms with E-state index in [0.717, 1.165) is 32.0 Å². The number of epoxide rings is 1. The Labute approximate surface area is 92.6 Å². The van der Waals surface area contributed by atoms with Crippen molar-refractivity contribution in [1.82, 2.24) is 0 Å². The van der Waals surface area contributed by atoms with Crippen molar-refractivity contribution in [2.45, 2.75) is 51.2 Å². The van der Waals surface area contributed by atoms with E-state index in [2.05, 4.69) is 6.58 Å². The molecule has 1 aliphatic carbocycles. The average molecular weight is 210 g/mol. The molecule has 0 aromatic carbocycles. The van der Waals surface area contributed by atoms with Gasteiger partial charge in [-0.15, -0.1) is 0 Å². The molecule has 0 N–H and O–H groups in total. The summed E-state index contributed by atoms with van der Waals surface area (Å²) in [6, 6.07) is 0. The van der Waals surface area contributed by atoms with Gasteiger partial charge in [0.25, 0.3) is 0 Å². The van der Waals surface area contributed by atoms with E-state index in [-0.39, 0.29) is 0 Å². The van der Waals surface area contributed by atoms with Crippen LogP contribution in [0.2, 0.25) is 0 Å². The van der Waals surface area contributed by atoms with E-state index in [1.54, 1.807) is 0 Å². The zero-order valence-corrected chi connectivity index (χ0v) is 9.71. The van der Waals surface area contributed by atoms with Crippen molar-refractivity contribution < 1.29 is 9.47 Å². The summed E-state index contributed by atoms with van der Waals surface area (Å²) in [5.41, 5.74) is 1.42. The van der Waals surface area contributed by atoms with Crippen molar-refractivity contribution in [3.8, 4) is 0 Å². The third-order valence-electron chi connectivity index (χ3n) is 3.57. The molecule has 0 spiro atoms. The maximum Gasteiger partial charge on any atom is 0.0847 e. The van der Waals surface area contributed by atoms with Gasteiger partial charge in [0, 0.05) is 13.2 Å². The van der Waals surface area contributed by atoms with Crippen molar-refractivity contribution in [3.05, 3.63) is 12.2 Å². The molecular formula is C13H22O2. The van der Waals surface area contributed by atoms with E-state index in [0.29, 0.717) is 12.2 Å². The summed E-state index contributed by atoms with van der Waals surface area (Å²) < 4.78 is 10.9. The normalized spacial score (nSPS) is 33.5. The summed E-state index contributed by atoms with van der Waals surface area (Å²) in [5, 5.41) is 0. The number of hydrogen-bond donors (Lipinski definition) is 0. The lowest BCUT2D eigenvalue weighted by molar-refractivity contribution is 0.144. The Bertz CT molecular complexity index is 225. The molecule has 1 saturated heterocycles. The van der Waals surface area contributed by atoms with E-state index in [1.807, 2.05) is 6.92 Å². The summed E-state index contributed by atoms with van der Waals surface area (Å²) in [6.07, 6.45) is 7.19. The van der Waals surface area contributed by atoms with Crippen LogP contribution in [0.15, 0.2) is 12.2 Å². The van der Waals surface area contributed by atoms with Gasteiger partial charge < -0.3 is 9.47 Å². The lowest BCUT2D eigenvalue weighted by Gasteiger charge is -2.21. The molecule has 1 aliphatic heterocycles. The van der Waals surface area contributed by atoms with Crippen LogP contribution >= 0.6 is 0 Å². The van der Waals surface area contributed by atoms with Crippen LogP contribution in [0.1, 0.15) is 39.0 Å². The monoisotopic (exact) mass is 210 g/mol. The highest BCUT2D eigenvalue weighted by atomic mass is 16.6. The summed E-state index contributed by atoms with van der Waals surface area (Å²) in [4.78, 5) is 0. The first kappa shape index (κ1) is 11.2. The Morgan fingerprint density at radius 1 is 1.40 bits per heavy atom. The molecule has 2 fully saturated rings. The number of hydrogen-bond acceptors (Lipinski definition) is 2. The van der Waals surface area contributed by atoms with Gasteiger partial charge in [-0.3, -0.25) is 0 Å². The highest BCUT2D eigenvalue weighted by Crippen LogP contribution is 2.42. The fraction of sp³-hybridized carbons (Fsp3) is 0.846. The molecule has 2 nitrogen and oxygen atoms in total. The SMILES string of the molecule is C=C(CCCOCC)C1CCC2OC2C1. The first-order valence-corrected chi connectivity index (χ1v) is 6.22. The standard InChI is InChI=1S/C13H22O2/c1-3-14-8-4-5-10(2)11-6-7-12-13(9-11)15-12/h11-13H,2-9H2,1H3. The number of ether oxygens (including phenoxy) is 2. The van der Waals surface area contributed by atoms with E-state index in [4.69, 9.17) is 9.47 Å². The van der Waals surface area contributed by atoms with Gasteiger partial charge >= 0.3 is 0 Å². The Morgan fingerprint density at radius 3 is 3.00 bits per heavy atom. The Balaban J connectivity index is 1.62. The van der Waals surface area contributed by atoms with Crippen LogP contribution in [-0.2, 0) is 9.47 Å². The van der Waals surface area contributed by atoms with Crippen molar-refractivity contribution in [1.29, 1.82) is 0 Å². The second kappa shape index (κ2) is 5.13. The van der Waals surface area contributed by atoms with Crippen LogP contribution < -0.4 is 0 Å². The van der Waals surface area contributed by atoms with Crippen molar-refractivity contribution in [3.63, 3.8) is 0 Å². The minimum atomic E-state index is 0.576. The maximum atomic E-state index is 5.54. The van der Waals surface area contributed by atoms with Gasteiger partial charge in [0.2, 0.25) is 0 Å². The molecule has 0 amide bonds. The molecule has 3 atom stereocenters. The lowest BCUT2D eigenvalue weighted by atomic mass is 9.83. The molecule has 86 valence electrons. The van der Waals surface area contributed by atoms with Crippen molar-refractivity contribution >= 4 is 0 Å². The zero-order valence-electron chi connectivity index (χ0n) is 9.71. The average Bonchev–Trinajstić information content (AvgIpc) is 3.01. The molecular weight excluding hydrogens is 188 g/mol. The van der Waals surface area contributed by atoms with E-state index < -0.39 is 0 Å². The highest BCUT2D eigenvalue weighted by Gasteiger charge is 2.44. The largest absolute Gasteiger partial charge is 0.382 e. The number of rotatable bonds is 6. The predicted molar refractivity (Wildman–Crippen MR) is 60.9 cm³/mol. The molecule has 0 aromatic heterocycles. The summed E-state index contributed by atoms with van der Waals surface area (Å²) >= 11 is 0. The van der Waals surface area contributed by atoms with E-state index in [1.165, 1.54) is 24.8 Å². The topological polar surface area (TPSA) is 21.8 Å². The fourth-order valence-corrected chi connectivity index (χ4v) is 2.52. The molecule has 2 aliphatic rings. The van der Waals surface area contributed by atoms with Crippen LogP contribution in [0.25, 0.3) is 0 Å². The summed E-state index contributed by atoms with van der Waals surface area (Å²) in [5.74, 6) is 0.718. The van der Waals surface area contributed by atoms with Gasteiger partial charge in [0.05, 0.1) is 12.2 Å². The molecule has 3 unspecified atom stereocenters. The molecule has 2 heteroatoms. The molecule has 0 radical (unpaired) electrons. The van der Waals surface area contributed by atoms with Crippen LogP contribution in [0, 0.1) is 5.92 Å². The molecule has 2 rings (SSSR count). The van der Waals surface area contributed by atoms with Crippen LogP contribution in [0.5, 0.6) is 0 Å². The van der Waals surface area contributed by atoms with Gasteiger partial charge in [-0.2, -0.15) is 0 Å². The van der Waals surface area contributed by atoms with Crippen LogP contribution in [-0.4, -0.2) is 25.4 Å². The zero-order chi connectivity index (χ0) is 10.7. The molecule has 15 heavy (non-hydrogen) atoms. The molecule has 1 saturated carbocycles. The third-order valence-corrected chi connectivity index (χ3v) is 3.57. The van der Waals surface area contributed by atoms with Gasteiger partial charge in [-0.25, -0.2) is 0 Å². The van der Waals surface area contributed by atoms with Crippen molar-refractivity contribution in [2.75, 3.05) is 13.2 Å². The van der Waals surface area contributed by atoms with Crippen LogP contribution in [0.4, 0.5) is 0 Å². The maximum absolute atomic E-state index is 5.54. The van der Waals surface area contributed by atoms with Gasteiger partial charge in [-0.05, 0) is 44.9 Å². The van der Waals surface area contributed by atoms with Crippen LogP contribution in [0.3, 0.4) is 0 Å². The van der Waals surface area contributed by atoms with E-state index >= 15 is 0 Å². The second-order valence-corrected chi connectivity index (χ2v) is 4.68. The Morgan fingerprint density at radius 2 is 2.27 bits per heavy atom. The first-order chi connectivity index (χ1) is 7.31. The van der Waals surface area contributed by atoms with Gasteiger partial charge in [-0.1, -0.05) is 12.2 Å². The quantitative estimate of drug-likeness (QED) is 0.382. The third kappa shape index (κ3) is 3.05. The summed E-state index contributed by atoms with van der Waals surface area (Å²) in [7, 11) is 0. The first-order valence-electron chi connectivity index (χ1n) is 6.22. The minimum Gasteiger partial charge on any atom is -0.382 e. The molecule has 0 bridgehead atoms. The number of allylic oxidation sites excluding steroid dienone is 1. The van der Waals surface area contributed by atoms with E-state index in [9.17, 15) is 0 Å². The highest BCUT2D eigenvalue weighted by molar-refractivity contribution is 5.06. The smallest absolute Gasteiger partial charge is 0.0847 e. The van der Waals surface area contributed by atoms with Gasteiger partial charge in [0.1, 0.15) is 0 Å². The lowest BCUT2D eigenvalue weighted by Crippen LogP contribution is -2.15.